The van der Waals surface area contributed by atoms with Gasteiger partial charge < -0.3 is 10.4 Å². The summed E-state index contributed by atoms with van der Waals surface area (Å²) < 4.78 is 0. The molecule has 0 fully saturated rings. The van der Waals surface area contributed by atoms with E-state index in [1.54, 1.807) is 12.1 Å². The Morgan fingerprint density at radius 3 is 2.76 bits per heavy atom. The number of anilines is 1. The van der Waals surface area contributed by atoms with E-state index in [1.165, 1.54) is 11.1 Å². The molecule has 4 rings (SSSR count). The Hall–Kier alpha value is -2.85. The number of hydrogen-bond donors (Lipinski definition) is 2. The third-order valence-corrected chi connectivity index (χ3v) is 4.52. The molecule has 4 nitrogen and oxygen atoms in total. The molecule has 0 amide bonds. The normalized spacial score (nSPS) is 14.4. The molecule has 0 bridgehead atoms. The Morgan fingerprint density at radius 2 is 1.92 bits per heavy atom. The molecule has 3 aromatic rings. The lowest BCUT2D eigenvalue weighted by Gasteiger charge is -2.20. The summed E-state index contributed by atoms with van der Waals surface area (Å²) >= 11 is 0. The van der Waals surface area contributed by atoms with Crippen molar-refractivity contribution in [1.29, 1.82) is 0 Å². The highest BCUT2D eigenvalue weighted by molar-refractivity contribution is 5.65. The Labute approximate surface area is 147 Å². The van der Waals surface area contributed by atoms with Gasteiger partial charge in [0.1, 0.15) is 5.75 Å². The van der Waals surface area contributed by atoms with Crippen LogP contribution in [0.2, 0.25) is 0 Å². The lowest BCUT2D eigenvalue weighted by Crippen LogP contribution is -2.25. The highest BCUT2D eigenvalue weighted by Crippen LogP contribution is 2.27. The molecule has 2 heterocycles. The maximum absolute atomic E-state index is 9.72. The summed E-state index contributed by atoms with van der Waals surface area (Å²) in [5.74, 6) is 0.262. The maximum atomic E-state index is 9.72. The van der Waals surface area contributed by atoms with E-state index in [2.05, 4.69) is 51.6 Å². The van der Waals surface area contributed by atoms with Crippen LogP contribution in [0, 0.1) is 0 Å². The first-order valence-corrected chi connectivity index (χ1v) is 8.56. The second-order valence-electron chi connectivity index (χ2n) is 6.40. The van der Waals surface area contributed by atoms with Gasteiger partial charge >= 0.3 is 0 Å². The number of nitrogens with one attached hydrogen (secondary N) is 1. The number of hydrogen-bond acceptors (Lipinski definition) is 4. The van der Waals surface area contributed by atoms with Gasteiger partial charge in [-0.05, 0) is 29.3 Å². The first-order chi connectivity index (χ1) is 12.3. The molecule has 2 N–H and O–H groups in total. The first kappa shape index (κ1) is 15.7. The fourth-order valence-electron chi connectivity index (χ4n) is 3.26. The summed E-state index contributed by atoms with van der Waals surface area (Å²) in [4.78, 5) is 7.01. The SMILES string of the molecule is Oc1cccc(-c2cc3c(cn2)NCCN(Cc2ccccc2)C3)c1. The topological polar surface area (TPSA) is 48.4 Å². The molecular formula is C21H21N3O. The van der Waals surface area contributed by atoms with Gasteiger partial charge in [-0.1, -0.05) is 42.5 Å². The van der Waals surface area contributed by atoms with E-state index in [0.717, 1.165) is 43.1 Å². The van der Waals surface area contributed by atoms with Gasteiger partial charge in [-0.15, -0.1) is 0 Å². The monoisotopic (exact) mass is 331 g/mol. The zero-order chi connectivity index (χ0) is 17.1. The van der Waals surface area contributed by atoms with Crippen LogP contribution in [-0.4, -0.2) is 28.1 Å². The number of aromatic hydroxyl groups is 1. The molecule has 0 spiro atoms. The molecule has 0 saturated heterocycles. The van der Waals surface area contributed by atoms with E-state index in [-0.39, 0.29) is 5.75 Å². The van der Waals surface area contributed by atoms with E-state index < -0.39 is 0 Å². The molecule has 126 valence electrons. The number of nitrogens with zero attached hydrogens (tertiary/aromatic N) is 2. The molecular weight excluding hydrogens is 310 g/mol. The zero-order valence-electron chi connectivity index (χ0n) is 14.0. The van der Waals surface area contributed by atoms with Gasteiger partial charge in [0, 0.05) is 31.7 Å². The van der Waals surface area contributed by atoms with Crippen molar-refractivity contribution in [3.05, 3.63) is 78.0 Å². The number of pyridine rings is 1. The highest BCUT2D eigenvalue weighted by Gasteiger charge is 2.16. The minimum atomic E-state index is 0.262. The lowest BCUT2D eigenvalue weighted by atomic mass is 10.1. The smallest absolute Gasteiger partial charge is 0.116 e. The van der Waals surface area contributed by atoms with Crippen molar-refractivity contribution in [2.75, 3.05) is 18.4 Å². The molecule has 1 aliphatic heterocycles. The molecule has 0 radical (unpaired) electrons. The third kappa shape index (κ3) is 3.64. The van der Waals surface area contributed by atoms with Crippen LogP contribution in [0.25, 0.3) is 11.3 Å². The minimum Gasteiger partial charge on any atom is -0.508 e. The van der Waals surface area contributed by atoms with Crippen LogP contribution < -0.4 is 5.32 Å². The largest absolute Gasteiger partial charge is 0.508 e. The van der Waals surface area contributed by atoms with Crippen molar-refractivity contribution in [2.24, 2.45) is 0 Å². The standard InChI is InChI=1S/C21H21N3O/c25-19-8-4-7-17(11-19)20-12-18-15-24(10-9-22-21(18)13-23-20)14-16-5-2-1-3-6-16/h1-8,11-13,22,25H,9-10,14-15H2. The van der Waals surface area contributed by atoms with E-state index in [4.69, 9.17) is 0 Å². The molecule has 25 heavy (non-hydrogen) atoms. The van der Waals surface area contributed by atoms with Crippen LogP contribution in [0.5, 0.6) is 5.75 Å². The van der Waals surface area contributed by atoms with E-state index in [9.17, 15) is 5.11 Å². The number of aromatic nitrogens is 1. The second-order valence-corrected chi connectivity index (χ2v) is 6.40. The summed E-state index contributed by atoms with van der Waals surface area (Å²) in [6.45, 7) is 3.72. The summed E-state index contributed by atoms with van der Waals surface area (Å²) in [7, 11) is 0. The van der Waals surface area contributed by atoms with Gasteiger partial charge in [0.2, 0.25) is 0 Å². The number of benzene rings is 2. The van der Waals surface area contributed by atoms with Gasteiger partial charge in [0.25, 0.3) is 0 Å². The van der Waals surface area contributed by atoms with Crippen molar-refractivity contribution >= 4 is 5.69 Å². The van der Waals surface area contributed by atoms with E-state index in [1.807, 2.05) is 18.3 Å². The molecule has 0 aliphatic carbocycles. The maximum Gasteiger partial charge on any atom is 0.116 e. The van der Waals surface area contributed by atoms with Crippen LogP contribution in [-0.2, 0) is 13.1 Å². The lowest BCUT2D eigenvalue weighted by molar-refractivity contribution is 0.272. The predicted octanol–water partition coefficient (Wildman–Crippen LogP) is 3.88. The van der Waals surface area contributed by atoms with Crippen LogP contribution in [0.15, 0.2) is 66.9 Å². The Kier molecular flexibility index (Phi) is 4.36. The van der Waals surface area contributed by atoms with Crippen LogP contribution in [0.1, 0.15) is 11.1 Å². The average molecular weight is 331 g/mol. The van der Waals surface area contributed by atoms with Gasteiger partial charge in [0.05, 0.1) is 17.6 Å². The number of rotatable bonds is 3. The van der Waals surface area contributed by atoms with Crippen LogP contribution >= 0.6 is 0 Å². The fraction of sp³-hybridized carbons (Fsp3) is 0.190. The second kappa shape index (κ2) is 6.95. The molecule has 1 aromatic heterocycles. The van der Waals surface area contributed by atoms with E-state index >= 15 is 0 Å². The molecule has 0 unspecified atom stereocenters. The minimum absolute atomic E-state index is 0.262. The first-order valence-electron chi connectivity index (χ1n) is 8.56. The molecule has 4 heteroatoms. The number of phenolic OH excluding ortho intramolecular Hbond substituents is 1. The summed E-state index contributed by atoms with van der Waals surface area (Å²) in [6, 6.07) is 19.9. The van der Waals surface area contributed by atoms with Gasteiger partial charge in [-0.2, -0.15) is 0 Å². The van der Waals surface area contributed by atoms with E-state index in [0.29, 0.717) is 0 Å². The summed E-state index contributed by atoms with van der Waals surface area (Å²) in [5, 5.41) is 13.2. The van der Waals surface area contributed by atoms with Crippen molar-refractivity contribution < 1.29 is 5.11 Å². The highest BCUT2D eigenvalue weighted by atomic mass is 16.3. The predicted molar refractivity (Wildman–Crippen MR) is 100 cm³/mol. The van der Waals surface area contributed by atoms with Gasteiger partial charge in [-0.3, -0.25) is 9.88 Å². The number of phenols is 1. The summed E-state index contributed by atoms with van der Waals surface area (Å²) in [6.07, 6.45) is 1.90. The van der Waals surface area contributed by atoms with Crippen molar-refractivity contribution in [3.8, 4) is 17.0 Å². The quantitative estimate of drug-likeness (QED) is 0.765. The molecule has 2 aromatic carbocycles. The van der Waals surface area contributed by atoms with Crippen molar-refractivity contribution in [1.82, 2.24) is 9.88 Å². The van der Waals surface area contributed by atoms with Crippen LogP contribution in [0.4, 0.5) is 5.69 Å². The summed E-state index contributed by atoms with van der Waals surface area (Å²) in [5.41, 5.74) is 5.48. The van der Waals surface area contributed by atoms with Gasteiger partial charge in [-0.25, -0.2) is 0 Å². The Morgan fingerprint density at radius 1 is 1.04 bits per heavy atom. The molecule has 0 saturated carbocycles. The fourth-order valence-corrected chi connectivity index (χ4v) is 3.26. The Bertz CT molecular complexity index is 864. The average Bonchev–Trinajstić information content (AvgIpc) is 2.83. The van der Waals surface area contributed by atoms with Gasteiger partial charge in [0.15, 0.2) is 0 Å². The van der Waals surface area contributed by atoms with Crippen LogP contribution in [0.3, 0.4) is 0 Å². The molecule has 1 aliphatic rings. The zero-order valence-corrected chi connectivity index (χ0v) is 14.0. The van der Waals surface area contributed by atoms with Crippen molar-refractivity contribution in [2.45, 2.75) is 13.1 Å². The third-order valence-electron chi connectivity index (χ3n) is 4.52. The number of fused-ring (bicyclic) bond motifs is 1. The van der Waals surface area contributed by atoms with Crippen molar-refractivity contribution in [3.63, 3.8) is 0 Å². The molecule has 0 atom stereocenters. The Balaban J connectivity index is 1.60.